The Morgan fingerprint density at radius 1 is 0.846 bits per heavy atom. The van der Waals surface area contributed by atoms with Gasteiger partial charge < -0.3 is 0 Å². The molecule has 2 aromatic carbocycles. The molecule has 0 N–H and O–H groups in total. The van der Waals surface area contributed by atoms with E-state index >= 15 is 0 Å². The molecule has 140 valence electrons. The summed E-state index contributed by atoms with van der Waals surface area (Å²) in [5.74, 6) is 0. The van der Waals surface area contributed by atoms with Gasteiger partial charge in [-0.25, -0.2) is 0 Å². The van der Waals surface area contributed by atoms with Crippen LogP contribution in [-0.2, 0) is 22.8 Å². The van der Waals surface area contributed by atoms with E-state index in [0.717, 1.165) is 6.42 Å². The molecule has 0 unspecified atom stereocenters. The van der Waals surface area contributed by atoms with Crippen molar-refractivity contribution in [2.45, 2.75) is 11.8 Å². The Bertz CT molecular complexity index is 688. The summed E-state index contributed by atoms with van der Waals surface area (Å²) in [5.41, 5.74) is 4.26. The van der Waals surface area contributed by atoms with Crippen LogP contribution in [0.3, 0.4) is 0 Å². The Morgan fingerprint density at radius 2 is 1.31 bits per heavy atom. The predicted octanol–water partition coefficient (Wildman–Crippen LogP) is 6.74. The summed E-state index contributed by atoms with van der Waals surface area (Å²) in [6.07, 6.45) is 6.89. The maximum Gasteiger partial charge on any atom is -0.147 e. The van der Waals surface area contributed by atoms with Gasteiger partial charge in [0.15, 0.2) is 0 Å². The minimum atomic E-state index is -0.0458. The first kappa shape index (κ1) is 25.8. The second kappa shape index (κ2) is 11.6. The Balaban J connectivity index is 0.00000208. The largest absolute Gasteiger partial charge is 0.147 e. The minimum absolute atomic E-state index is 0. The summed E-state index contributed by atoms with van der Waals surface area (Å²) in [6, 6.07) is 22.1. The fourth-order valence-electron chi connectivity index (χ4n) is 3.55. The molecule has 0 aromatic heterocycles. The van der Waals surface area contributed by atoms with Crippen molar-refractivity contribution in [3.63, 3.8) is 0 Å². The molecule has 5 heteroatoms. The van der Waals surface area contributed by atoms with Crippen molar-refractivity contribution in [1.82, 2.24) is 0 Å². The Kier molecular flexibility index (Phi) is 11.5. The zero-order valence-electron chi connectivity index (χ0n) is 15.0. The predicted molar refractivity (Wildman–Crippen MR) is 120 cm³/mol. The topological polar surface area (TPSA) is 0 Å². The number of rotatable bonds is 5. The second-order valence-electron chi connectivity index (χ2n) is 6.34. The van der Waals surface area contributed by atoms with Crippen LogP contribution in [0.25, 0.3) is 0 Å². The van der Waals surface area contributed by atoms with Crippen LogP contribution in [-0.4, -0.2) is 19.5 Å². The summed E-state index contributed by atoms with van der Waals surface area (Å²) in [5, 5.41) is 0. The van der Waals surface area contributed by atoms with Crippen LogP contribution in [0.4, 0.5) is 0 Å². The maximum atomic E-state index is 2.81. The molecule has 26 heavy (non-hydrogen) atoms. The van der Waals surface area contributed by atoms with Crippen molar-refractivity contribution in [1.29, 1.82) is 0 Å². The van der Waals surface area contributed by atoms with Gasteiger partial charge in [-0.05, 0) is 0 Å². The second-order valence-corrected chi connectivity index (χ2v) is 9.66. The molecule has 0 nitrogen and oxygen atoms in total. The van der Waals surface area contributed by atoms with E-state index in [1.807, 2.05) is 0 Å². The average Bonchev–Trinajstić information content (AvgIpc) is 3.00. The van der Waals surface area contributed by atoms with Gasteiger partial charge in [0.1, 0.15) is 0 Å². The first-order chi connectivity index (χ1) is 11.1. The van der Waals surface area contributed by atoms with E-state index in [9.17, 15) is 0 Å². The number of allylic oxidation sites excluding steroid dienone is 4. The molecule has 0 bridgehead atoms. The summed E-state index contributed by atoms with van der Waals surface area (Å²) in [6.45, 7) is 4.78. The van der Waals surface area contributed by atoms with E-state index in [-0.39, 0.29) is 50.6 Å². The summed E-state index contributed by atoms with van der Waals surface area (Å²) >= 11 is 2.81. The normalized spacial score (nSPS) is 13.0. The van der Waals surface area contributed by atoms with Gasteiger partial charge in [0.25, 0.3) is 0 Å². The zero-order valence-corrected chi connectivity index (χ0v) is 19.7. The quantitative estimate of drug-likeness (QED) is 0.429. The molecule has 1 aliphatic rings. The molecule has 0 atom stereocenters. The third-order valence-corrected chi connectivity index (χ3v) is 6.22. The minimum Gasteiger partial charge on any atom is -0.147 e. The van der Waals surface area contributed by atoms with E-state index < -0.39 is 0 Å². The Labute approximate surface area is 186 Å². The summed E-state index contributed by atoms with van der Waals surface area (Å²) in [4.78, 5) is 0. The smallest absolute Gasteiger partial charge is 0.147 e. The average molecular weight is 466 g/mol. The summed E-state index contributed by atoms with van der Waals surface area (Å²) in [7, 11) is -0.0458. The van der Waals surface area contributed by atoms with Crippen molar-refractivity contribution in [3.05, 3.63) is 93.8 Å². The Hall–Kier alpha value is -0.196. The zero-order chi connectivity index (χ0) is 16.3. The van der Waals surface area contributed by atoms with Crippen LogP contribution in [0, 0.1) is 0 Å². The van der Waals surface area contributed by atoms with Crippen LogP contribution in [0.1, 0.15) is 17.5 Å². The standard InChI is InChI=1S/C21H22P.3ClH.V/c1-22(2)17-21(20-15-9-10-16-20,18-11-5-3-6-12-18)19-13-7-4-8-14-19;;;;/h3-9,11-15H,10,17H2,1-2H3;3*1H;. The molecule has 0 fully saturated rings. The number of hydrogen-bond donors (Lipinski definition) is 0. The molecular formula is C21H25Cl3PV. The van der Waals surface area contributed by atoms with E-state index in [1.54, 1.807) is 0 Å². The molecule has 0 radical (unpaired) electrons. The molecule has 0 heterocycles. The van der Waals surface area contributed by atoms with Gasteiger partial charge in [-0.2, -0.15) is 0 Å². The number of benzene rings is 2. The molecule has 0 saturated carbocycles. The van der Waals surface area contributed by atoms with E-state index in [2.05, 4.69) is 104 Å². The summed E-state index contributed by atoms with van der Waals surface area (Å²) < 4.78 is 1.45. The molecule has 1 aliphatic carbocycles. The van der Waals surface area contributed by atoms with Crippen molar-refractivity contribution >= 4 is 45.1 Å². The fraction of sp³-hybridized carbons (Fsp3) is 0.238. The van der Waals surface area contributed by atoms with E-state index in [4.69, 9.17) is 0 Å². The third kappa shape index (κ3) is 5.20. The third-order valence-electron chi connectivity index (χ3n) is 4.45. The SMILES string of the molecule is CP(C)CC(C1=[C]([V])CC=C1)(c1ccccc1)c1ccccc1.Cl.Cl.Cl. The van der Waals surface area contributed by atoms with Crippen LogP contribution in [0.15, 0.2) is 82.7 Å². The molecule has 0 saturated heterocycles. The molecular weight excluding hydrogens is 441 g/mol. The van der Waals surface area contributed by atoms with Gasteiger partial charge in [-0.3, -0.25) is 0 Å². The number of hydrogen-bond acceptors (Lipinski definition) is 0. The molecule has 2 aromatic rings. The first-order valence-electron chi connectivity index (χ1n) is 7.99. The van der Waals surface area contributed by atoms with Gasteiger partial charge >= 0.3 is 150 Å². The molecule has 0 aliphatic heterocycles. The maximum absolute atomic E-state index is 2.81. The number of halogens is 3. The van der Waals surface area contributed by atoms with Gasteiger partial charge in [0.2, 0.25) is 0 Å². The molecule has 0 amide bonds. The molecule has 3 rings (SSSR count). The monoisotopic (exact) mass is 464 g/mol. The van der Waals surface area contributed by atoms with Gasteiger partial charge in [0.05, 0.1) is 0 Å². The van der Waals surface area contributed by atoms with Crippen molar-refractivity contribution in [2.24, 2.45) is 0 Å². The molecule has 0 spiro atoms. The van der Waals surface area contributed by atoms with Crippen LogP contribution in [0.5, 0.6) is 0 Å². The van der Waals surface area contributed by atoms with Crippen molar-refractivity contribution in [2.75, 3.05) is 19.5 Å². The van der Waals surface area contributed by atoms with Crippen LogP contribution < -0.4 is 0 Å². The van der Waals surface area contributed by atoms with Gasteiger partial charge in [-0.1, -0.05) is 0 Å². The van der Waals surface area contributed by atoms with Crippen LogP contribution in [0.2, 0.25) is 0 Å². The van der Waals surface area contributed by atoms with E-state index in [0.29, 0.717) is 0 Å². The van der Waals surface area contributed by atoms with E-state index in [1.165, 1.54) is 27.1 Å². The Morgan fingerprint density at radius 3 is 1.65 bits per heavy atom. The van der Waals surface area contributed by atoms with Gasteiger partial charge in [0, 0.05) is 0 Å². The van der Waals surface area contributed by atoms with Crippen molar-refractivity contribution in [3.8, 4) is 0 Å². The van der Waals surface area contributed by atoms with Crippen molar-refractivity contribution < 1.29 is 17.4 Å². The first-order valence-corrected chi connectivity index (χ1v) is 11.1. The van der Waals surface area contributed by atoms with Crippen LogP contribution >= 0.6 is 45.1 Å². The van der Waals surface area contributed by atoms with Gasteiger partial charge in [-0.15, -0.1) is 37.2 Å². The fourth-order valence-corrected chi connectivity index (χ4v) is 5.61.